The fourth-order valence-electron chi connectivity index (χ4n) is 5.52. The van der Waals surface area contributed by atoms with E-state index in [1.54, 1.807) is 4.90 Å². The summed E-state index contributed by atoms with van der Waals surface area (Å²) in [5, 5.41) is 9.50. The van der Waals surface area contributed by atoms with Crippen LogP contribution in [0.1, 0.15) is 60.0 Å². The number of benzene rings is 1. The second-order valence-electron chi connectivity index (χ2n) is 9.14. The van der Waals surface area contributed by atoms with Crippen molar-refractivity contribution >= 4 is 17.7 Å². The van der Waals surface area contributed by atoms with Crippen molar-refractivity contribution in [3.05, 3.63) is 34.9 Å². The van der Waals surface area contributed by atoms with E-state index < -0.39 is 6.04 Å². The second kappa shape index (κ2) is 7.22. The molecule has 4 aliphatic rings. The molecule has 0 spiro atoms. The zero-order valence-corrected chi connectivity index (χ0v) is 16.6. The molecule has 3 fully saturated rings. The first kappa shape index (κ1) is 18.8. The third-order valence-corrected chi connectivity index (χ3v) is 7.22. The average molecular weight is 396 g/mol. The van der Waals surface area contributed by atoms with Crippen molar-refractivity contribution in [1.82, 2.24) is 20.9 Å². The monoisotopic (exact) mass is 396 g/mol. The summed E-state index contributed by atoms with van der Waals surface area (Å²) >= 11 is 0. The Morgan fingerprint density at radius 2 is 2.10 bits per heavy atom. The van der Waals surface area contributed by atoms with Crippen molar-refractivity contribution in [2.45, 2.75) is 63.7 Å². The van der Waals surface area contributed by atoms with Crippen molar-refractivity contribution in [1.29, 1.82) is 0 Å². The first-order valence-electron chi connectivity index (χ1n) is 10.7. The first-order valence-corrected chi connectivity index (χ1v) is 10.7. The number of piperidine rings is 2. The second-order valence-corrected chi connectivity index (χ2v) is 9.14. The number of rotatable bonds is 6. The number of hydrogen-bond donors (Lipinski definition) is 3. The lowest BCUT2D eigenvalue weighted by Gasteiger charge is -2.29. The van der Waals surface area contributed by atoms with Gasteiger partial charge in [0.25, 0.3) is 5.91 Å². The van der Waals surface area contributed by atoms with Gasteiger partial charge in [-0.3, -0.25) is 19.7 Å². The van der Waals surface area contributed by atoms with Gasteiger partial charge >= 0.3 is 0 Å². The summed E-state index contributed by atoms with van der Waals surface area (Å²) in [6.07, 6.45) is 5.86. The summed E-state index contributed by atoms with van der Waals surface area (Å²) in [6.45, 7) is 3.32. The van der Waals surface area contributed by atoms with Crippen LogP contribution in [0.5, 0.6) is 0 Å². The average Bonchev–Trinajstić information content (AvgIpc) is 3.39. The number of carbonyl (C=O) groups is 3. The molecule has 1 aliphatic carbocycles. The van der Waals surface area contributed by atoms with Gasteiger partial charge in [-0.1, -0.05) is 12.1 Å². The zero-order valence-electron chi connectivity index (χ0n) is 16.6. The molecule has 3 heterocycles. The van der Waals surface area contributed by atoms with Gasteiger partial charge in [0.1, 0.15) is 6.04 Å². The highest BCUT2D eigenvalue weighted by molar-refractivity contribution is 6.05. The molecule has 0 radical (unpaired) electrons. The zero-order chi connectivity index (χ0) is 20.0. The van der Waals surface area contributed by atoms with E-state index in [1.807, 2.05) is 12.1 Å². The molecule has 5 rings (SSSR count). The van der Waals surface area contributed by atoms with E-state index in [2.05, 4.69) is 22.0 Å². The minimum absolute atomic E-state index is 0.107. The van der Waals surface area contributed by atoms with Gasteiger partial charge in [-0.25, -0.2) is 0 Å². The van der Waals surface area contributed by atoms with E-state index in [1.165, 1.54) is 25.7 Å². The highest BCUT2D eigenvalue weighted by Gasteiger charge is 2.44. The van der Waals surface area contributed by atoms with Crippen LogP contribution in [0.25, 0.3) is 0 Å². The summed E-state index contributed by atoms with van der Waals surface area (Å²) in [7, 11) is 0. The van der Waals surface area contributed by atoms with Crippen molar-refractivity contribution in [2.24, 2.45) is 5.41 Å². The van der Waals surface area contributed by atoms with Gasteiger partial charge in [0.15, 0.2) is 0 Å². The van der Waals surface area contributed by atoms with Crippen molar-refractivity contribution < 1.29 is 14.4 Å². The number of hydrogen-bond acceptors (Lipinski definition) is 5. The molecule has 3 unspecified atom stereocenters. The molecule has 154 valence electrons. The minimum Gasteiger partial charge on any atom is -0.322 e. The molecule has 29 heavy (non-hydrogen) atoms. The standard InChI is InChI=1S/C22H28N4O3/c27-19-4-3-18(20(28)25-19)26-12-15-2-1-14(9-17(15)21(26)29)11-23-8-7-22-6-5-16(10-22)24-13-22/h1-2,9,16,18,23-24H,3-8,10-13H2,(H,25,27,28). The SMILES string of the molecule is O=C1CCC(N2Cc3ccc(CNCCC45CCC(C4)NC5)cc3C2=O)C(=O)N1. The van der Waals surface area contributed by atoms with Crippen LogP contribution in [0.4, 0.5) is 0 Å². The normalized spacial score (nSPS) is 30.8. The van der Waals surface area contributed by atoms with Gasteiger partial charge in [0.2, 0.25) is 11.8 Å². The van der Waals surface area contributed by atoms with Crippen LogP contribution in [-0.4, -0.2) is 47.8 Å². The number of carbonyl (C=O) groups excluding carboxylic acids is 3. The molecule has 7 heteroatoms. The molecule has 3 atom stereocenters. The van der Waals surface area contributed by atoms with E-state index in [0.717, 1.165) is 36.8 Å². The van der Waals surface area contributed by atoms with E-state index >= 15 is 0 Å². The molecule has 2 bridgehead atoms. The van der Waals surface area contributed by atoms with E-state index in [0.29, 0.717) is 23.9 Å². The van der Waals surface area contributed by atoms with Gasteiger partial charge in [-0.15, -0.1) is 0 Å². The Bertz CT molecular complexity index is 860. The molecular formula is C22H28N4O3. The van der Waals surface area contributed by atoms with Crippen LogP contribution in [0, 0.1) is 5.41 Å². The van der Waals surface area contributed by atoms with Crippen LogP contribution in [0.15, 0.2) is 18.2 Å². The highest BCUT2D eigenvalue weighted by atomic mass is 16.2. The largest absolute Gasteiger partial charge is 0.322 e. The quantitative estimate of drug-likeness (QED) is 0.494. The smallest absolute Gasteiger partial charge is 0.255 e. The highest BCUT2D eigenvalue weighted by Crippen LogP contribution is 2.45. The summed E-state index contributed by atoms with van der Waals surface area (Å²) < 4.78 is 0. The third kappa shape index (κ3) is 3.46. The number of fused-ring (bicyclic) bond motifs is 3. The van der Waals surface area contributed by atoms with Crippen LogP contribution in [0.3, 0.4) is 0 Å². The molecule has 3 aliphatic heterocycles. The van der Waals surface area contributed by atoms with Gasteiger partial charge in [0.05, 0.1) is 0 Å². The van der Waals surface area contributed by atoms with Crippen LogP contribution >= 0.6 is 0 Å². The summed E-state index contributed by atoms with van der Waals surface area (Å²) in [6, 6.07) is 6.21. The fourth-order valence-corrected chi connectivity index (χ4v) is 5.52. The van der Waals surface area contributed by atoms with Crippen molar-refractivity contribution in [2.75, 3.05) is 13.1 Å². The topological polar surface area (TPSA) is 90.5 Å². The van der Waals surface area contributed by atoms with E-state index in [4.69, 9.17) is 0 Å². The molecule has 3 N–H and O–H groups in total. The maximum atomic E-state index is 12.9. The first-order chi connectivity index (χ1) is 14.0. The molecule has 3 amide bonds. The molecule has 7 nitrogen and oxygen atoms in total. The van der Waals surface area contributed by atoms with Gasteiger partial charge in [-0.05, 0) is 61.3 Å². The third-order valence-electron chi connectivity index (χ3n) is 7.22. The number of imide groups is 1. The van der Waals surface area contributed by atoms with Crippen LogP contribution in [0.2, 0.25) is 0 Å². The maximum absolute atomic E-state index is 12.9. The van der Waals surface area contributed by atoms with E-state index in [-0.39, 0.29) is 24.1 Å². The predicted molar refractivity (Wildman–Crippen MR) is 107 cm³/mol. The molecular weight excluding hydrogens is 368 g/mol. The maximum Gasteiger partial charge on any atom is 0.255 e. The molecule has 1 aromatic rings. The molecule has 0 aromatic heterocycles. The van der Waals surface area contributed by atoms with Crippen LogP contribution in [-0.2, 0) is 22.7 Å². The molecule has 1 saturated carbocycles. The Morgan fingerprint density at radius 1 is 1.21 bits per heavy atom. The van der Waals surface area contributed by atoms with Gasteiger partial charge in [-0.2, -0.15) is 0 Å². The van der Waals surface area contributed by atoms with Gasteiger partial charge < -0.3 is 15.5 Å². The Labute approximate surface area is 170 Å². The van der Waals surface area contributed by atoms with Crippen LogP contribution < -0.4 is 16.0 Å². The lowest BCUT2D eigenvalue weighted by molar-refractivity contribution is -0.136. The lowest BCUT2D eigenvalue weighted by atomic mass is 9.84. The lowest BCUT2D eigenvalue weighted by Crippen LogP contribution is -2.52. The van der Waals surface area contributed by atoms with Crippen molar-refractivity contribution in [3.63, 3.8) is 0 Å². The Balaban J connectivity index is 1.18. The Morgan fingerprint density at radius 3 is 2.83 bits per heavy atom. The predicted octanol–water partition coefficient (Wildman–Crippen LogP) is 1.07. The minimum atomic E-state index is -0.552. The summed E-state index contributed by atoms with van der Waals surface area (Å²) in [5.74, 6) is -0.728. The fraction of sp³-hybridized carbons (Fsp3) is 0.591. The van der Waals surface area contributed by atoms with Gasteiger partial charge in [0, 0.05) is 37.7 Å². The Hall–Kier alpha value is -2.25. The van der Waals surface area contributed by atoms with E-state index in [9.17, 15) is 14.4 Å². The summed E-state index contributed by atoms with van der Waals surface area (Å²) in [4.78, 5) is 38.0. The number of amides is 3. The number of nitrogens with zero attached hydrogens (tertiary/aromatic N) is 1. The number of nitrogens with one attached hydrogen (secondary N) is 3. The molecule has 2 saturated heterocycles. The molecule has 1 aromatic carbocycles. The summed E-state index contributed by atoms with van der Waals surface area (Å²) in [5.41, 5.74) is 3.23. The Kier molecular flexibility index (Phi) is 4.67. The van der Waals surface area contributed by atoms with Crippen molar-refractivity contribution in [3.8, 4) is 0 Å².